The number of rotatable bonds is 2. The fourth-order valence-corrected chi connectivity index (χ4v) is 1.61. The summed E-state index contributed by atoms with van der Waals surface area (Å²) in [5.74, 6) is 0. The number of nitrogens with zero attached hydrogens (tertiary/aromatic N) is 2. The minimum Gasteiger partial charge on any atom is -0.744 e. The van der Waals surface area contributed by atoms with E-state index in [4.69, 9.17) is 0 Å². The van der Waals surface area contributed by atoms with Gasteiger partial charge < -0.3 is 4.55 Å². The van der Waals surface area contributed by atoms with E-state index in [0.29, 0.717) is 11.4 Å². The van der Waals surface area contributed by atoms with Crippen molar-refractivity contribution in [3.63, 3.8) is 0 Å². The molecule has 6 heteroatoms. The number of pyridine rings is 2. The molecule has 16 heavy (non-hydrogen) atoms. The van der Waals surface area contributed by atoms with Crippen molar-refractivity contribution in [2.24, 2.45) is 0 Å². The van der Waals surface area contributed by atoms with Crippen molar-refractivity contribution >= 4 is 10.1 Å². The van der Waals surface area contributed by atoms with Crippen LogP contribution < -0.4 is 0 Å². The van der Waals surface area contributed by atoms with Gasteiger partial charge in [0.25, 0.3) is 0 Å². The van der Waals surface area contributed by atoms with Gasteiger partial charge in [-0.1, -0.05) is 6.07 Å². The van der Waals surface area contributed by atoms with E-state index in [0.717, 1.165) is 6.20 Å². The highest BCUT2D eigenvalue weighted by atomic mass is 32.2. The lowest BCUT2D eigenvalue weighted by molar-refractivity contribution is 0.462. The highest BCUT2D eigenvalue weighted by molar-refractivity contribution is 7.85. The molecular formula is C10H7N2O3S-. The summed E-state index contributed by atoms with van der Waals surface area (Å²) in [4.78, 5) is 7.58. The van der Waals surface area contributed by atoms with Crippen molar-refractivity contribution in [1.82, 2.24) is 9.97 Å². The smallest absolute Gasteiger partial charge is 0.125 e. The van der Waals surface area contributed by atoms with Crippen LogP contribution in [0.25, 0.3) is 11.4 Å². The molecule has 2 aromatic rings. The summed E-state index contributed by atoms with van der Waals surface area (Å²) in [5.41, 5.74) is 1.14. The van der Waals surface area contributed by atoms with Crippen LogP contribution in [0.2, 0.25) is 0 Å². The third-order valence-corrected chi connectivity index (χ3v) is 2.77. The Hall–Kier alpha value is -1.79. The van der Waals surface area contributed by atoms with Crippen LogP contribution in [-0.2, 0) is 10.1 Å². The standard InChI is InChI=1S/C10H8N2O3S/c13-16(14,15)8-4-5-10(12-7-8)9-3-1-2-6-11-9/h1-7H,(H,13,14,15)/p-1. The van der Waals surface area contributed by atoms with E-state index < -0.39 is 10.1 Å². The van der Waals surface area contributed by atoms with Crippen LogP contribution in [0, 0.1) is 0 Å². The number of hydrogen-bond donors (Lipinski definition) is 0. The molecule has 0 unspecified atom stereocenters. The van der Waals surface area contributed by atoms with Gasteiger partial charge >= 0.3 is 0 Å². The first-order valence-electron chi connectivity index (χ1n) is 4.41. The van der Waals surface area contributed by atoms with Crippen LogP contribution in [0.1, 0.15) is 0 Å². The SMILES string of the molecule is O=S(=O)([O-])c1ccc(-c2ccccn2)nc1. The second-order valence-electron chi connectivity index (χ2n) is 3.05. The van der Waals surface area contributed by atoms with E-state index in [1.54, 1.807) is 24.4 Å². The van der Waals surface area contributed by atoms with Gasteiger partial charge in [-0.2, -0.15) is 0 Å². The molecule has 0 aliphatic rings. The molecule has 0 atom stereocenters. The molecule has 5 nitrogen and oxygen atoms in total. The monoisotopic (exact) mass is 235 g/mol. The van der Waals surface area contributed by atoms with Crippen LogP contribution >= 0.6 is 0 Å². The normalized spacial score (nSPS) is 11.3. The highest BCUT2D eigenvalue weighted by Crippen LogP contribution is 2.15. The van der Waals surface area contributed by atoms with Crippen LogP contribution in [0.3, 0.4) is 0 Å². The summed E-state index contributed by atoms with van der Waals surface area (Å²) in [6.07, 6.45) is 2.64. The molecule has 0 spiro atoms. The molecule has 0 radical (unpaired) electrons. The maximum absolute atomic E-state index is 10.7. The molecule has 82 valence electrons. The van der Waals surface area contributed by atoms with Crippen molar-refractivity contribution in [3.05, 3.63) is 42.7 Å². The minimum absolute atomic E-state index is 0.341. The van der Waals surface area contributed by atoms with Crippen LogP contribution in [0.15, 0.2) is 47.6 Å². The van der Waals surface area contributed by atoms with Gasteiger partial charge in [-0.25, -0.2) is 8.42 Å². The highest BCUT2D eigenvalue weighted by Gasteiger charge is 2.03. The van der Waals surface area contributed by atoms with Gasteiger partial charge in [-0.05, 0) is 24.3 Å². The van der Waals surface area contributed by atoms with Crippen molar-refractivity contribution in [1.29, 1.82) is 0 Å². The Kier molecular flexibility index (Phi) is 2.67. The zero-order valence-corrected chi connectivity index (χ0v) is 8.89. The lowest BCUT2D eigenvalue weighted by Gasteiger charge is -2.06. The summed E-state index contributed by atoms with van der Waals surface area (Å²) < 4.78 is 32.0. The zero-order valence-electron chi connectivity index (χ0n) is 8.07. The molecule has 0 aromatic carbocycles. The molecule has 0 amide bonds. The van der Waals surface area contributed by atoms with Crippen LogP contribution in [-0.4, -0.2) is 22.9 Å². The lowest BCUT2D eigenvalue weighted by atomic mass is 10.2. The predicted octanol–water partition coefficient (Wildman–Crippen LogP) is 1.05. The Morgan fingerprint density at radius 1 is 1.00 bits per heavy atom. The minimum atomic E-state index is -4.43. The summed E-state index contributed by atoms with van der Waals surface area (Å²) >= 11 is 0. The maximum atomic E-state index is 10.7. The number of hydrogen-bond acceptors (Lipinski definition) is 5. The van der Waals surface area contributed by atoms with Crippen LogP contribution in [0.4, 0.5) is 0 Å². The first-order chi connectivity index (χ1) is 7.57. The Bertz CT molecular complexity index is 579. The average Bonchev–Trinajstić information content (AvgIpc) is 2.29. The van der Waals surface area contributed by atoms with Crippen molar-refractivity contribution < 1.29 is 13.0 Å². The third-order valence-electron chi connectivity index (χ3n) is 1.95. The van der Waals surface area contributed by atoms with Gasteiger partial charge in [0.05, 0.1) is 16.3 Å². The second-order valence-corrected chi connectivity index (χ2v) is 4.43. The predicted molar refractivity (Wildman–Crippen MR) is 55.4 cm³/mol. The Morgan fingerprint density at radius 3 is 2.25 bits per heavy atom. The van der Waals surface area contributed by atoms with E-state index in [1.807, 2.05) is 0 Å². The molecular weight excluding hydrogens is 228 g/mol. The first-order valence-corrected chi connectivity index (χ1v) is 5.81. The second kappa shape index (κ2) is 3.99. The Morgan fingerprint density at radius 2 is 1.75 bits per heavy atom. The molecule has 2 rings (SSSR count). The topological polar surface area (TPSA) is 83.0 Å². The van der Waals surface area contributed by atoms with E-state index >= 15 is 0 Å². The first kappa shape index (κ1) is 10.7. The molecule has 0 saturated carbocycles. The van der Waals surface area contributed by atoms with Gasteiger partial charge in [-0.3, -0.25) is 9.97 Å². The lowest BCUT2D eigenvalue weighted by Crippen LogP contribution is -1.99. The van der Waals surface area contributed by atoms with Crippen LogP contribution in [0.5, 0.6) is 0 Å². The van der Waals surface area contributed by atoms with E-state index in [-0.39, 0.29) is 4.90 Å². The third kappa shape index (κ3) is 2.23. The summed E-state index contributed by atoms with van der Waals surface area (Å²) in [6.45, 7) is 0. The molecule has 2 heterocycles. The van der Waals surface area contributed by atoms with Gasteiger partial charge in [0, 0.05) is 12.4 Å². The fraction of sp³-hybridized carbons (Fsp3) is 0. The summed E-state index contributed by atoms with van der Waals surface area (Å²) in [6, 6.07) is 7.97. The van der Waals surface area contributed by atoms with Crippen molar-refractivity contribution in [2.45, 2.75) is 4.90 Å². The summed E-state index contributed by atoms with van der Waals surface area (Å²) in [7, 11) is -4.43. The molecule has 0 saturated heterocycles. The fourth-order valence-electron chi connectivity index (χ4n) is 1.19. The largest absolute Gasteiger partial charge is 0.744 e. The molecule has 2 aromatic heterocycles. The molecule has 0 N–H and O–H groups in total. The average molecular weight is 235 g/mol. The quantitative estimate of drug-likeness (QED) is 0.726. The van der Waals surface area contributed by atoms with E-state index in [9.17, 15) is 13.0 Å². The van der Waals surface area contributed by atoms with Gasteiger partial charge in [-0.15, -0.1) is 0 Å². The van der Waals surface area contributed by atoms with Gasteiger partial charge in [0.15, 0.2) is 0 Å². The van der Waals surface area contributed by atoms with Gasteiger partial charge in [0.1, 0.15) is 10.1 Å². The Labute approximate surface area is 92.6 Å². The Balaban J connectivity index is 2.41. The summed E-state index contributed by atoms with van der Waals surface area (Å²) in [5, 5.41) is 0. The maximum Gasteiger partial charge on any atom is 0.125 e. The molecule has 0 aliphatic carbocycles. The molecule has 0 fully saturated rings. The molecule has 0 aliphatic heterocycles. The van der Waals surface area contributed by atoms with Crippen molar-refractivity contribution in [2.75, 3.05) is 0 Å². The number of aromatic nitrogens is 2. The van der Waals surface area contributed by atoms with E-state index in [1.165, 1.54) is 12.1 Å². The van der Waals surface area contributed by atoms with Gasteiger partial charge in [0.2, 0.25) is 0 Å². The van der Waals surface area contributed by atoms with Crippen molar-refractivity contribution in [3.8, 4) is 11.4 Å². The van der Waals surface area contributed by atoms with E-state index in [2.05, 4.69) is 9.97 Å². The molecule has 0 bridgehead atoms. The zero-order chi connectivity index (χ0) is 11.6.